The van der Waals surface area contributed by atoms with Crippen LogP contribution in [-0.4, -0.2) is 11.5 Å². The standard InChI is InChI=1S/C15H19N3S/c1-11-7-18-15(19-11)10-17-8-12-2-3-13-4-5-16-9-14(13)6-12/h2-3,6-7,16-17H,4-5,8-10H2,1H3. The summed E-state index contributed by atoms with van der Waals surface area (Å²) in [6.45, 7) is 5.97. The van der Waals surface area contributed by atoms with Gasteiger partial charge in [-0.25, -0.2) is 4.98 Å². The number of hydrogen-bond acceptors (Lipinski definition) is 4. The van der Waals surface area contributed by atoms with Gasteiger partial charge in [-0.1, -0.05) is 18.2 Å². The molecule has 0 atom stereocenters. The lowest BCUT2D eigenvalue weighted by molar-refractivity contribution is 0.639. The minimum atomic E-state index is 0.855. The first-order valence-electron chi connectivity index (χ1n) is 6.75. The maximum atomic E-state index is 4.36. The van der Waals surface area contributed by atoms with Crippen molar-refractivity contribution in [3.8, 4) is 0 Å². The van der Waals surface area contributed by atoms with Crippen LogP contribution in [0, 0.1) is 6.92 Å². The second kappa shape index (κ2) is 5.82. The van der Waals surface area contributed by atoms with Crippen LogP contribution in [0.4, 0.5) is 0 Å². The van der Waals surface area contributed by atoms with E-state index >= 15 is 0 Å². The van der Waals surface area contributed by atoms with Crippen LogP contribution >= 0.6 is 11.3 Å². The van der Waals surface area contributed by atoms with Crippen LogP contribution in [0.25, 0.3) is 0 Å². The van der Waals surface area contributed by atoms with Gasteiger partial charge in [0, 0.05) is 30.7 Å². The summed E-state index contributed by atoms with van der Waals surface area (Å²) in [5.41, 5.74) is 4.31. The van der Waals surface area contributed by atoms with Crippen molar-refractivity contribution in [2.45, 2.75) is 33.0 Å². The van der Waals surface area contributed by atoms with Gasteiger partial charge < -0.3 is 10.6 Å². The van der Waals surface area contributed by atoms with Crippen molar-refractivity contribution in [1.29, 1.82) is 0 Å². The molecule has 0 saturated carbocycles. The zero-order valence-electron chi connectivity index (χ0n) is 11.2. The fourth-order valence-electron chi connectivity index (χ4n) is 2.44. The van der Waals surface area contributed by atoms with Crippen LogP contribution in [0.3, 0.4) is 0 Å². The van der Waals surface area contributed by atoms with Gasteiger partial charge in [-0.3, -0.25) is 0 Å². The molecule has 0 bridgehead atoms. The quantitative estimate of drug-likeness (QED) is 0.898. The highest BCUT2D eigenvalue weighted by Gasteiger charge is 2.08. The van der Waals surface area contributed by atoms with Crippen LogP contribution in [0.15, 0.2) is 24.4 Å². The van der Waals surface area contributed by atoms with E-state index in [1.807, 2.05) is 6.20 Å². The Bertz CT molecular complexity index is 562. The highest BCUT2D eigenvalue weighted by atomic mass is 32.1. The SMILES string of the molecule is Cc1cnc(CNCc2ccc3c(c2)CNCC3)s1. The molecule has 3 rings (SSSR count). The number of nitrogens with zero attached hydrogens (tertiary/aromatic N) is 1. The molecule has 0 fully saturated rings. The smallest absolute Gasteiger partial charge is 0.107 e. The van der Waals surface area contributed by atoms with E-state index in [9.17, 15) is 0 Å². The normalized spacial score (nSPS) is 14.4. The molecule has 0 saturated heterocycles. The average Bonchev–Trinajstić information content (AvgIpc) is 2.84. The van der Waals surface area contributed by atoms with Gasteiger partial charge in [0.25, 0.3) is 0 Å². The summed E-state index contributed by atoms with van der Waals surface area (Å²) in [6, 6.07) is 6.84. The van der Waals surface area contributed by atoms with Gasteiger partial charge in [0.05, 0.1) is 0 Å². The fraction of sp³-hybridized carbons (Fsp3) is 0.400. The van der Waals surface area contributed by atoms with Crippen molar-refractivity contribution >= 4 is 11.3 Å². The van der Waals surface area contributed by atoms with E-state index in [-0.39, 0.29) is 0 Å². The van der Waals surface area contributed by atoms with Crippen LogP contribution in [0.2, 0.25) is 0 Å². The Morgan fingerprint density at radius 1 is 1.32 bits per heavy atom. The third-order valence-corrected chi connectivity index (χ3v) is 4.34. The van der Waals surface area contributed by atoms with Gasteiger partial charge in [0.1, 0.15) is 5.01 Å². The molecule has 1 aliphatic rings. The Morgan fingerprint density at radius 2 is 2.26 bits per heavy atom. The molecule has 0 spiro atoms. The van der Waals surface area contributed by atoms with Gasteiger partial charge in [-0.2, -0.15) is 0 Å². The molecule has 1 aromatic carbocycles. The molecule has 100 valence electrons. The molecule has 0 aliphatic carbocycles. The molecule has 19 heavy (non-hydrogen) atoms. The zero-order valence-corrected chi connectivity index (χ0v) is 12.0. The summed E-state index contributed by atoms with van der Waals surface area (Å²) in [6.07, 6.45) is 3.09. The number of nitrogens with one attached hydrogen (secondary N) is 2. The predicted molar refractivity (Wildman–Crippen MR) is 79.2 cm³/mol. The fourth-order valence-corrected chi connectivity index (χ4v) is 3.20. The molecular weight excluding hydrogens is 254 g/mol. The van der Waals surface area contributed by atoms with E-state index < -0.39 is 0 Å². The number of rotatable bonds is 4. The monoisotopic (exact) mass is 273 g/mol. The van der Waals surface area contributed by atoms with Crippen molar-refractivity contribution < 1.29 is 0 Å². The summed E-state index contributed by atoms with van der Waals surface area (Å²) < 4.78 is 0. The molecule has 2 aromatic rings. The van der Waals surface area contributed by atoms with Crippen LogP contribution < -0.4 is 10.6 Å². The van der Waals surface area contributed by atoms with Crippen LogP contribution in [0.1, 0.15) is 26.6 Å². The summed E-state index contributed by atoms with van der Waals surface area (Å²) in [4.78, 5) is 5.64. The first kappa shape index (κ1) is 12.8. The third kappa shape index (κ3) is 3.21. The Balaban J connectivity index is 1.58. The number of thiazole rings is 1. The third-order valence-electron chi connectivity index (χ3n) is 3.43. The molecule has 2 heterocycles. The minimum absolute atomic E-state index is 0.855. The molecule has 1 aliphatic heterocycles. The van der Waals surface area contributed by atoms with Gasteiger partial charge >= 0.3 is 0 Å². The number of benzene rings is 1. The number of aromatic nitrogens is 1. The summed E-state index contributed by atoms with van der Waals surface area (Å²) in [5.74, 6) is 0. The summed E-state index contributed by atoms with van der Waals surface area (Å²) in [7, 11) is 0. The zero-order chi connectivity index (χ0) is 13.1. The Labute approximate surface area is 118 Å². The maximum Gasteiger partial charge on any atom is 0.107 e. The highest BCUT2D eigenvalue weighted by molar-refractivity contribution is 7.11. The predicted octanol–water partition coefficient (Wildman–Crippen LogP) is 2.39. The van der Waals surface area contributed by atoms with Crippen molar-refractivity contribution in [3.05, 3.63) is 51.0 Å². The summed E-state index contributed by atoms with van der Waals surface area (Å²) in [5, 5.41) is 8.05. The first-order chi connectivity index (χ1) is 9.31. The lowest BCUT2D eigenvalue weighted by Gasteiger charge is -2.18. The Kier molecular flexibility index (Phi) is 3.92. The van der Waals surface area contributed by atoms with E-state index in [0.717, 1.165) is 37.6 Å². The Hall–Kier alpha value is -1.23. The molecule has 2 N–H and O–H groups in total. The van der Waals surface area contributed by atoms with Gasteiger partial charge in [0.15, 0.2) is 0 Å². The van der Waals surface area contributed by atoms with E-state index in [1.165, 1.54) is 21.6 Å². The van der Waals surface area contributed by atoms with E-state index in [1.54, 1.807) is 11.3 Å². The second-order valence-electron chi connectivity index (χ2n) is 5.00. The molecule has 3 nitrogen and oxygen atoms in total. The lowest BCUT2D eigenvalue weighted by Crippen LogP contribution is -2.24. The molecule has 4 heteroatoms. The van der Waals surface area contributed by atoms with E-state index in [2.05, 4.69) is 40.7 Å². The largest absolute Gasteiger partial charge is 0.312 e. The van der Waals surface area contributed by atoms with E-state index in [0.29, 0.717) is 0 Å². The molecule has 0 amide bonds. The minimum Gasteiger partial charge on any atom is -0.312 e. The first-order valence-corrected chi connectivity index (χ1v) is 7.56. The van der Waals surface area contributed by atoms with E-state index in [4.69, 9.17) is 0 Å². The maximum absolute atomic E-state index is 4.36. The number of hydrogen-bond donors (Lipinski definition) is 2. The van der Waals surface area contributed by atoms with Gasteiger partial charge in [-0.05, 0) is 36.6 Å². The molecule has 0 unspecified atom stereocenters. The van der Waals surface area contributed by atoms with Crippen LogP contribution in [0.5, 0.6) is 0 Å². The average molecular weight is 273 g/mol. The van der Waals surface area contributed by atoms with Crippen molar-refractivity contribution in [1.82, 2.24) is 15.6 Å². The molecule has 0 radical (unpaired) electrons. The van der Waals surface area contributed by atoms with Crippen molar-refractivity contribution in [2.24, 2.45) is 0 Å². The molecule has 1 aromatic heterocycles. The number of fused-ring (bicyclic) bond motifs is 1. The van der Waals surface area contributed by atoms with Crippen molar-refractivity contribution in [3.63, 3.8) is 0 Å². The highest BCUT2D eigenvalue weighted by Crippen LogP contribution is 2.16. The lowest BCUT2D eigenvalue weighted by atomic mass is 9.98. The van der Waals surface area contributed by atoms with Crippen molar-refractivity contribution in [2.75, 3.05) is 6.54 Å². The topological polar surface area (TPSA) is 37.0 Å². The molecular formula is C15H19N3S. The number of aryl methyl sites for hydroxylation is 1. The van der Waals surface area contributed by atoms with Crippen LogP contribution in [-0.2, 0) is 26.1 Å². The Morgan fingerprint density at radius 3 is 3.11 bits per heavy atom. The second-order valence-corrected chi connectivity index (χ2v) is 6.32. The summed E-state index contributed by atoms with van der Waals surface area (Å²) >= 11 is 1.76. The van der Waals surface area contributed by atoms with Gasteiger partial charge in [0.2, 0.25) is 0 Å². The van der Waals surface area contributed by atoms with Gasteiger partial charge in [-0.15, -0.1) is 11.3 Å².